The first kappa shape index (κ1) is 10.7. The van der Waals surface area contributed by atoms with E-state index in [4.69, 9.17) is 16.3 Å². The Labute approximate surface area is 86.6 Å². The van der Waals surface area contributed by atoms with E-state index in [-0.39, 0.29) is 5.88 Å². The minimum absolute atomic E-state index is 0.186. The molecule has 1 aromatic carbocycles. The Morgan fingerprint density at radius 1 is 1.57 bits per heavy atom. The van der Waals surface area contributed by atoms with E-state index in [1.54, 1.807) is 25.1 Å². The average molecular weight is 213 g/mol. The van der Waals surface area contributed by atoms with Gasteiger partial charge in [-0.05, 0) is 30.7 Å². The summed E-state index contributed by atoms with van der Waals surface area (Å²) < 4.78 is 4.91. The third kappa shape index (κ3) is 2.57. The highest BCUT2D eigenvalue weighted by Crippen LogP contribution is 2.18. The van der Waals surface area contributed by atoms with Gasteiger partial charge in [0, 0.05) is 5.56 Å². The number of alkyl halides is 1. The van der Waals surface area contributed by atoms with Gasteiger partial charge >= 0.3 is 5.97 Å². The van der Waals surface area contributed by atoms with E-state index in [0.717, 1.165) is 11.8 Å². The molecule has 0 spiro atoms. The molecule has 0 heterocycles. The van der Waals surface area contributed by atoms with Crippen molar-refractivity contribution in [2.45, 2.75) is 6.92 Å². The number of ether oxygens (including phenoxy) is 1. The molecule has 0 amide bonds. The molecule has 1 rings (SSSR count). The monoisotopic (exact) mass is 212 g/mol. The molecule has 0 atom stereocenters. The highest BCUT2D eigenvalue weighted by atomic mass is 35.5. The molecule has 0 saturated heterocycles. The van der Waals surface area contributed by atoms with Crippen molar-refractivity contribution < 1.29 is 14.3 Å². The van der Waals surface area contributed by atoms with Crippen molar-refractivity contribution in [2.24, 2.45) is 0 Å². The fraction of sp³-hybridized carbons (Fsp3) is 0.200. The van der Waals surface area contributed by atoms with Gasteiger partial charge in [0.15, 0.2) is 0 Å². The van der Waals surface area contributed by atoms with E-state index in [1.165, 1.54) is 0 Å². The van der Waals surface area contributed by atoms with E-state index in [0.29, 0.717) is 11.3 Å². The number of carbonyl (C=O) groups excluding carboxylic acids is 2. The van der Waals surface area contributed by atoms with Crippen LogP contribution in [0.15, 0.2) is 18.2 Å². The first-order valence-electron chi connectivity index (χ1n) is 4.00. The van der Waals surface area contributed by atoms with Gasteiger partial charge in [-0.2, -0.15) is 0 Å². The lowest BCUT2D eigenvalue weighted by Crippen LogP contribution is -2.09. The number of hydrogen-bond acceptors (Lipinski definition) is 3. The Kier molecular flexibility index (Phi) is 3.65. The van der Waals surface area contributed by atoms with Crippen LogP contribution in [0.25, 0.3) is 0 Å². The van der Waals surface area contributed by atoms with Crippen LogP contribution >= 0.6 is 11.6 Å². The van der Waals surface area contributed by atoms with Gasteiger partial charge in [0.1, 0.15) is 17.9 Å². The molecule has 0 aromatic heterocycles. The molecule has 0 unspecified atom stereocenters. The molecule has 0 radical (unpaired) electrons. The van der Waals surface area contributed by atoms with Crippen LogP contribution in [0.2, 0.25) is 0 Å². The zero-order chi connectivity index (χ0) is 10.6. The normalized spacial score (nSPS) is 9.57. The van der Waals surface area contributed by atoms with Crippen LogP contribution in [0.4, 0.5) is 0 Å². The standard InChI is InChI=1S/C10H9ClO3/c1-7-4-8(6-12)2-3-9(7)14-10(13)5-11/h2-4,6H,5H2,1H3. The average Bonchev–Trinajstić information content (AvgIpc) is 2.20. The lowest BCUT2D eigenvalue weighted by molar-refractivity contribution is -0.131. The van der Waals surface area contributed by atoms with E-state index >= 15 is 0 Å². The second-order valence-electron chi connectivity index (χ2n) is 2.75. The van der Waals surface area contributed by atoms with Crippen molar-refractivity contribution in [3.63, 3.8) is 0 Å². The smallest absolute Gasteiger partial charge is 0.326 e. The first-order valence-corrected chi connectivity index (χ1v) is 4.53. The van der Waals surface area contributed by atoms with Crippen molar-refractivity contribution in [3.8, 4) is 5.75 Å². The number of esters is 1. The molecule has 0 fully saturated rings. The molecule has 0 aliphatic rings. The predicted octanol–water partition coefficient (Wildman–Crippen LogP) is 1.95. The SMILES string of the molecule is Cc1cc(C=O)ccc1OC(=O)CCl. The Morgan fingerprint density at radius 3 is 2.79 bits per heavy atom. The van der Waals surface area contributed by atoms with Crippen molar-refractivity contribution in [2.75, 3.05) is 5.88 Å². The summed E-state index contributed by atoms with van der Waals surface area (Å²) in [5, 5.41) is 0. The van der Waals surface area contributed by atoms with E-state index in [9.17, 15) is 9.59 Å². The molecule has 0 bridgehead atoms. The molecular weight excluding hydrogens is 204 g/mol. The number of halogens is 1. The third-order valence-corrected chi connectivity index (χ3v) is 1.89. The summed E-state index contributed by atoms with van der Waals surface area (Å²) in [6, 6.07) is 4.80. The van der Waals surface area contributed by atoms with E-state index in [2.05, 4.69) is 0 Å². The van der Waals surface area contributed by atoms with Crippen molar-refractivity contribution in [1.29, 1.82) is 0 Å². The molecular formula is C10H9ClO3. The lowest BCUT2D eigenvalue weighted by Gasteiger charge is -2.05. The Hall–Kier alpha value is -1.35. The molecule has 0 aliphatic carbocycles. The van der Waals surface area contributed by atoms with Gasteiger partial charge in [0.05, 0.1) is 0 Å². The van der Waals surface area contributed by atoms with E-state index in [1.807, 2.05) is 0 Å². The zero-order valence-corrected chi connectivity index (χ0v) is 8.38. The molecule has 0 aliphatic heterocycles. The van der Waals surface area contributed by atoms with Crippen molar-refractivity contribution >= 4 is 23.9 Å². The van der Waals surface area contributed by atoms with E-state index < -0.39 is 5.97 Å². The Morgan fingerprint density at radius 2 is 2.29 bits per heavy atom. The summed E-state index contributed by atoms with van der Waals surface area (Å²) in [6.07, 6.45) is 0.736. The van der Waals surface area contributed by atoms with Gasteiger partial charge in [-0.3, -0.25) is 9.59 Å². The maximum Gasteiger partial charge on any atom is 0.326 e. The maximum atomic E-state index is 10.9. The summed E-state index contributed by atoms with van der Waals surface area (Å²) in [5.41, 5.74) is 1.28. The lowest BCUT2D eigenvalue weighted by atomic mass is 10.1. The zero-order valence-electron chi connectivity index (χ0n) is 7.62. The summed E-state index contributed by atoms with van der Waals surface area (Å²) in [5.74, 6) is -0.260. The highest BCUT2D eigenvalue weighted by Gasteiger charge is 2.05. The summed E-state index contributed by atoms with van der Waals surface area (Å²) in [7, 11) is 0. The van der Waals surface area contributed by atoms with Crippen LogP contribution in [-0.2, 0) is 4.79 Å². The van der Waals surface area contributed by atoms with Gasteiger partial charge in [0.25, 0.3) is 0 Å². The number of benzene rings is 1. The van der Waals surface area contributed by atoms with Gasteiger partial charge in [-0.15, -0.1) is 11.6 Å². The van der Waals surface area contributed by atoms with Crippen LogP contribution in [0.3, 0.4) is 0 Å². The summed E-state index contributed by atoms with van der Waals surface area (Å²) >= 11 is 5.28. The maximum absolute atomic E-state index is 10.9. The number of hydrogen-bond donors (Lipinski definition) is 0. The predicted molar refractivity (Wildman–Crippen MR) is 52.9 cm³/mol. The van der Waals surface area contributed by atoms with Gasteiger partial charge in [-0.1, -0.05) is 0 Å². The van der Waals surface area contributed by atoms with Gasteiger partial charge < -0.3 is 4.74 Å². The molecule has 4 heteroatoms. The molecule has 14 heavy (non-hydrogen) atoms. The number of aldehydes is 1. The van der Waals surface area contributed by atoms with Crippen LogP contribution in [0.5, 0.6) is 5.75 Å². The number of rotatable bonds is 3. The second-order valence-corrected chi connectivity index (χ2v) is 3.02. The third-order valence-electron chi connectivity index (χ3n) is 1.67. The molecule has 1 aromatic rings. The molecule has 0 N–H and O–H groups in total. The largest absolute Gasteiger partial charge is 0.425 e. The van der Waals surface area contributed by atoms with Crippen LogP contribution in [0, 0.1) is 6.92 Å². The number of carbonyl (C=O) groups is 2. The van der Waals surface area contributed by atoms with Gasteiger partial charge in [0.2, 0.25) is 0 Å². The molecule has 0 saturated carbocycles. The van der Waals surface area contributed by atoms with Crippen molar-refractivity contribution in [3.05, 3.63) is 29.3 Å². The molecule has 3 nitrogen and oxygen atoms in total. The van der Waals surface area contributed by atoms with Crippen LogP contribution in [-0.4, -0.2) is 18.1 Å². The summed E-state index contributed by atoms with van der Waals surface area (Å²) in [6.45, 7) is 1.75. The van der Waals surface area contributed by atoms with Gasteiger partial charge in [-0.25, -0.2) is 0 Å². The van der Waals surface area contributed by atoms with Crippen LogP contribution in [0.1, 0.15) is 15.9 Å². The van der Waals surface area contributed by atoms with Crippen LogP contribution < -0.4 is 4.74 Å². The highest BCUT2D eigenvalue weighted by molar-refractivity contribution is 6.26. The Bertz CT molecular complexity index is 360. The Balaban J connectivity index is 2.89. The number of aryl methyl sites for hydroxylation is 1. The fourth-order valence-corrected chi connectivity index (χ4v) is 1.06. The minimum atomic E-state index is -0.506. The minimum Gasteiger partial charge on any atom is -0.425 e. The fourth-order valence-electron chi connectivity index (χ4n) is 1.01. The molecule has 74 valence electrons. The van der Waals surface area contributed by atoms with Crippen molar-refractivity contribution in [1.82, 2.24) is 0 Å². The topological polar surface area (TPSA) is 43.4 Å². The quantitative estimate of drug-likeness (QED) is 0.333. The first-order chi connectivity index (χ1) is 6.67. The second kappa shape index (κ2) is 4.77. The summed E-state index contributed by atoms with van der Waals surface area (Å²) in [4.78, 5) is 21.3.